The maximum Gasteiger partial charge on any atom is 0.348 e. The lowest BCUT2D eigenvalue weighted by Gasteiger charge is -2.13. The van der Waals surface area contributed by atoms with E-state index >= 15 is 0 Å². The molecule has 1 aromatic heterocycles. The highest BCUT2D eigenvalue weighted by molar-refractivity contribution is 5.96. The summed E-state index contributed by atoms with van der Waals surface area (Å²) in [6, 6.07) is 13.3. The number of aryl methyl sites for hydroxylation is 1. The van der Waals surface area contributed by atoms with Crippen LogP contribution in [0, 0.1) is 6.92 Å². The first kappa shape index (κ1) is 19.3. The summed E-state index contributed by atoms with van der Waals surface area (Å²) < 4.78 is 5.28. The summed E-state index contributed by atoms with van der Waals surface area (Å²) in [7, 11) is 3.62. The van der Waals surface area contributed by atoms with E-state index < -0.39 is 5.63 Å². The number of anilines is 2. The number of nitrogens with one attached hydrogen (secondary N) is 2. The molecule has 2 aromatic carbocycles. The number of carbonyl (C=O) groups excluding carboxylic acids is 1. The average molecular weight is 378 g/mol. The van der Waals surface area contributed by atoms with Crippen molar-refractivity contribution in [2.75, 3.05) is 31.3 Å². The minimum Gasteiger partial charge on any atom is -0.388 e. The van der Waals surface area contributed by atoms with Crippen molar-refractivity contribution in [2.24, 2.45) is 0 Å². The van der Waals surface area contributed by atoms with E-state index in [-0.39, 0.29) is 18.5 Å². The third kappa shape index (κ3) is 4.63. The molecule has 3 rings (SSSR count). The monoisotopic (exact) mass is 378 g/mol. The van der Waals surface area contributed by atoms with Gasteiger partial charge in [-0.05, 0) is 50.4 Å². The topological polar surface area (TPSA) is 87.5 Å². The Labute approximate surface area is 162 Å². The highest BCUT2D eigenvalue weighted by atomic mass is 16.4. The van der Waals surface area contributed by atoms with Gasteiger partial charge in [0, 0.05) is 11.9 Å². The Kier molecular flexibility index (Phi) is 5.86. The molecular weight excluding hydrogens is 356 g/mol. The van der Waals surface area contributed by atoms with Crippen molar-refractivity contribution in [3.63, 3.8) is 0 Å². The van der Waals surface area contributed by atoms with E-state index in [0.29, 0.717) is 22.2 Å². The van der Waals surface area contributed by atoms with Crippen molar-refractivity contribution >= 4 is 34.6 Å². The molecule has 0 atom stereocenters. The Balaban J connectivity index is 1.84. The van der Waals surface area contributed by atoms with Crippen molar-refractivity contribution < 1.29 is 9.21 Å². The minimum atomic E-state index is -0.512. The maximum absolute atomic E-state index is 12.5. The van der Waals surface area contributed by atoms with Crippen molar-refractivity contribution in [3.05, 3.63) is 70.2 Å². The molecule has 3 aromatic rings. The molecule has 7 heteroatoms. The second kappa shape index (κ2) is 8.49. The second-order valence-corrected chi connectivity index (χ2v) is 6.61. The first-order chi connectivity index (χ1) is 13.4. The number of hydrogen-bond acceptors (Lipinski definition) is 6. The van der Waals surface area contributed by atoms with Gasteiger partial charge in [0.15, 0.2) is 0 Å². The predicted octanol–water partition coefficient (Wildman–Crippen LogP) is 3.08. The summed E-state index contributed by atoms with van der Waals surface area (Å²) >= 11 is 0. The molecule has 0 saturated carbocycles. The number of nitrogens with zero attached hydrogens (tertiary/aromatic N) is 2. The molecule has 0 spiro atoms. The molecule has 0 aliphatic heterocycles. The fraction of sp³-hybridized carbons (Fsp3) is 0.190. The molecular formula is C21H22N4O3. The van der Waals surface area contributed by atoms with E-state index in [1.165, 1.54) is 0 Å². The summed E-state index contributed by atoms with van der Waals surface area (Å²) in [6.07, 6.45) is 3.51. The Morgan fingerprint density at radius 1 is 1.18 bits per heavy atom. The van der Waals surface area contributed by atoms with Crippen molar-refractivity contribution in [1.29, 1.82) is 0 Å². The molecule has 2 N–H and O–H groups in total. The van der Waals surface area contributed by atoms with Crippen LogP contribution >= 0.6 is 0 Å². The summed E-state index contributed by atoms with van der Waals surface area (Å²) in [6.45, 7) is 2.01. The van der Waals surface area contributed by atoms with Gasteiger partial charge in [0.25, 0.3) is 0 Å². The van der Waals surface area contributed by atoms with Crippen molar-refractivity contribution in [1.82, 2.24) is 9.88 Å². The largest absolute Gasteiger partial charge is 0.388 e. The van der Waals surface area contributed by atoms with Crippen LogP contribution in [-0.4, -0.2) is 36.4 Å². The number of benzene rings is 2. The van der Waals surface area contributed by atoms with Crippen LogP contribution < -0.4 is 16.3 Å². The van der Waals surface area contributed by atoms with Crippen LogP contribution in [0.3, 0.4) is 0 Å². The van der Waals surface area contributed by atoms with Crippen molar-refractivity contribution in [2.45, 2.75) is 6.92 Å². The van der Waals surface area contributed by atoms with Crippen LogP contribution in [0.4, 0.5) is 11.7 Å². The second-order valence-electron chi connectivity index (χ2n) is 6.61. The smallest absolute Gasteiger partial charge is 0.348 e. The number of rotatable bonds is 6. The molecule has 1 amide bonds. The van der Waals surface area contributed by atoms with Crippen LogP contribution in [-0.2, 0) is 4.79 Å². The zero-order valence-electron chi connectivity index (χ0n) is 16.0. The standard InChI is InChI=1S/C21H22N4O3/c1-14-16(23-18(26)13-25(2)3)9-10-17-19(14)20(27)28-21(24-17)22-12-11-15-7-5-4-6-8-15/h4-12H,13H2,1-3H3,(H,22,24)(H,23,26). The number of fused-ring (bicyclic) bond motifs is 1. The Morgan fingerprint density at radius 2 is 1.93 bits per heavy atom. The first-order valence-electron chi connectivity index (χ1n) is 8.81. The van der Waals surface area contributed by atoms with Gasteiger partial charge in [-0.15, -0.1) is 0 Å². The molecule has 0 unspecified atom stereocenters. The highest BCUT2D eigenvalue weighted by Gasteiger charge is 2.13. The van der Waals surface area contributed by atoms with Gasteiger partial charge in [-0.25, -0.2) is 4.79 Å². The van der Waals surface area contributed by atoms with Crippen LogP contribution in [0.15, 0.2) is 57.9 Å². The molecule has 0 aliphatic rings. The number of carbonyl (C=O) groups is 1. The average Bonchev–Trinajstić information content (AvgIpc) is 2.64. The van der Waals surface area contributed by atoms with E-state index in [0.717, 1.165) is 5.56 Å². The zero-order valence-corrected chi connectivity index (χ0v) is 16.0. The van der Waals surface area contributed by atoms with Crippen LogP contribution in [0.1, 0.15) is 11.1 Å². The van der Waals surface area contributed by atoms with E-state index in [1.54, 1.807) is 30.2 Å². The van der Waals surface area contributed by atoms with Gasteiger partial charge in [-0.2, -0.15) is 4.98 Å². The van der Waals surface area contributed by atoms with Crippen LogP contribution in [0.25, 0.3) is 17.0 Å². The predicted molar refractivity (Wildman–Crippen MR) is 111 cm³/mol. The summed E-state index contributed by atoms with van der Waals surface area (Å²) in [4.78, 5) is 30.6. The first-order valence-corrected chi connectivity index (χ1v) is 8.81. The highest BCUT2D eigenvalue weighted by Crippen LogP contribution is 2.23. The van der Waals surface area contributed by atoms with Crippen LogP contribution in [0.2, 0.25) is 0 Å². The normalized spacial score (nSPS) is 11.3. The van der Waals surface area contributed by atoms with Gasteiger partial charge >= 0.3 is 11.6 Å². The van der Waals surface area contributed by atoms with E-state index in [4.69, 9.17) is 4.42 Å². The molecule has 0 aliphatic carbocycles. The van der Waals surface area contributed by atoms with Gasteiger partial charge in [0.2, 0.25) is 5.91 Å². The van der Waals surface area contributed by atoms with Crippen molar-refractivity contribution in [3.8, 4) is 0 Å². The fourth-order valence-corrected chi connectivity index (χ4v) is 2.77. The summed E-state index contributed by atoms with van der Waals surface area (Å²) in [5.41, 5.74) is 2.18. The molecule has 144 valence electrons. The van der Waals surface area contributed by atoms with Gasteiger partial charge < -0.3 is 20.0 Å². The maximum atomic E-state index is 12.5. The van der Waals surface area contributed by atoms with Gasteiger partial charge in [0.05, 0.1) is 17.4 Å². The Bertz CT molecular complexity index is 1070. The lowest BCUT2D eigenvalue weighted by atomic mass is 10.1. The van der Waals surface area contributed by atoms with E-state index in [9.17, 15) is 9.59 Å². The van der Waals surface area contributed by atoms with Gasteiger partial charge in [-0.1, -0.05) is 30.3 Å². The van der Waals surface area contributed by atoms with Crippen LogP contribution in [0.5, 0.6) is 0 Å². The SMILES string of the molecule is Cc1c(NC(=O)CN(C)C)ccc2nc(NC=Cc3ccccc3)oc(=O)c12. The minimum absolute atomic E-state index is 0.105. The van der Waals surface area contributed by atoms with Gasteiger partial charge in [0.1, 0.15) is 0 Å². The van der Waals surface area contributed by atoms with Gasteiger partial charge in [-0.3, -0.25) is 4.79 Å². The van der Waals surface area contributed by atoms with E-state index in [2.05, 4.69) is 15.6 Å². The molecule has 1 heterocycles. The Morgan fingerprint density at radius 3 is 2.64 bits per heavy atom. The number of aromatic nitrogens is 1. The number of amides is 1. The third-order valence-corrected chi connectivity index (χ3v) is 4.07. The molecule has 0 bridgehead atoms. The number of likely N-dealkylation sites (N-methyl/N-ethyl adjacent to an activating group) is 1. The fourth-order valence-electron chi connectivity index (χ4n) is 2.77. The zero-order chi connectivity index (χ0) is 20.1. The Hall–Kier alpha value is -3.45. The molecule has 0 radical (unpaired) electrons. The quantitative estimate of drug-likeness (QED) is 0.685. The summed E-state index contributed by atoms with van der Waals surface area (Å²) in [5.74, 6) is -0.158. The lowest BCUT2D eigenvalue weighted by Crippen LogP contribution is -2.27. The third-order valence-electron chi connectivity index (χ3n) is 4.07. The number of hydrogen-bond donors (Lipinski definition) is 2. The lowest BCUT2D eigenvalue weighted by molar-refractivity contribution is -0.116. The molecule has 0 fully saturated rings. The molecule has 7 nitrogen and oxygen atoms in total. The van der Waals surface area contributed by atoms with E-state index in [1.807, 2.05) is 50.5 Å². The molecule has 28 heavy (non-hydrogen) atoms. The summed E-state index contributed by atoms with van der Waals surface area (Å²) in [5, 5.41) is 6.04. The molecule has 0 saturated heterocycles.